The Kier molecular flexibility index (Phi) is 6.02. The van der Waals surface area contributed by atoms with Gasteiger partial charge in [0.25, 0.3) is 0 Å². The van der Waals surface area contributed by atoms with Gasteiger partial charge in [0.2, 0.25) is 5.95 Å². The molecule has 1 heterocycles. The third-order valence-corrected chi connectivity index (χ3v) is 4.13. The molecule has 0 atom stereocenters. The van der Waals surface area contributed by atoms with E-state index in [1.165, 1.54) is 6.07 Å². The number of rotatable bonds is 7. The Morgan fingerprint density at radius 2 is 1.77 bits per heavy atom. The number of hydrogen-bond acceptors (Lipinski definition) is 4. The molecule has 2 N–H and O–H groups in total. The van der Waals surface area contributed by atoms with Crippen molar-refractivity contribution in [1.82, 2.24) is 9.97 Å². The van der Waals surface area contributed by atoms with Crippen LogP contribution in [0, 0.1) is 12.7 Å². The molecule has 0 fully saturated rings. The zero-order valence-corrected chi connectivity index (χ0v) is 15.2. The zero-order chi connectivity index (χ0) is 18.4. The van der Waals surface area contributed by atoms with Crippen molar-refractivity contribution >= 4 is 23.4 Å². The molecule has 0 saturated heterocycles. The number of aryl methyl sites for hydroxylation is 1. The summed E-state index contributed by atoms with van der Waals surface area (Å²) in [7, 11) is 0. The zero-order valence-electron chi connectivity index (χ0n) is 14.5. The van der Waals surface area contributed by atoms with Gasteiger partial charge in [-0.3, -0.25) is 0 Å². The molecule has 1 aromatic heterocycles. The Bertz CT molecular complexity index is 868. The second-order valence-electron chi connectivity index (χ2n) is 5.97. The predicted octanol–water partition coefficient (Wildman–Crippen LogP) is 4.84. The van der Waals surface area contributed by atoms with Gasteiger partial charge in [-0.2, -0.15) is 4.98 Å². The maximum Gasteiger partial charge on any atom is 0.224 e. The van der Waals surface area contributed by atoms with Crippen LogP contribution in [0.4, 0.5) is 16.2 Å². The first-order valence-corrected chi connectivity index (χ1v) is 8.79. The number of halogens is 2. The fourth-order valence-electron chi connectivity index (χ4n) is 2.54. The van der Waals surface area contributed by atoms with Gasteiger partial charge >= 0.3 is 0 Å². The summed E-state index contributed by atoms with van der Waals surface area (Å²) in [6, 6.07) is 16.3. The first kappa shape index (κ1) is 18.1. The second-order valence-corrected chi connectivity index (χ2v) is 6.40. The van der Waals surface area contributed by atoms with Gasteiger partial charge in [0.1, 0.15) is 11.6 Å². The highest BCUT2D eigenvalue weighted by Crippen LogP contribution is 2.14. The maximum absolute atomic E-state index is 13.7. The molecule has 0 aliphatic rings. The minimum atomic E-state index is -0.190. The van der Waals surface area contributed by atoms with Crippen molar-refractivity contribution in [3.63, 3.8) is 0 Å². The molecule has 0 aliphatic heterocycles. The van der Waals surface area contributed by atoms with Gasteiger partial charge < -0.3 is 10.6 Å². The Morgan fingerprint density at radius 1 is 1.00 bits per heavy atom. The quantitative estimate of drug-likeness (QED) is 0.624. The summed E-state index contributed by atoms with van der Waals surface area (Å²) in [6.45, 7) is 3.11. The molecular weight excluding hydrogens is 351 g/mol. The molecule has 0 radical (unpaired) electrons. The van der Waals surface area contributed by atoms with Crippen LogP contribution >= 0.6 is 11.6 Å². The lowest BCUT2D eigenvalue weighted by molar-refractivity contribution is 0.610. The monoisotopic (exact) mass is 370 g/mol. The van der Waals surface area contributed by atoms with E-state index in [9.17, 15) is 4.39 Å². The molecule has 6 heteroatoms. The fourth-order valence-corrected chi connectivity index (χ4v) is 2.67. The van der Waals surface area contributed by atoms with Gasteiger partial charge in [0.05, 0.1) is 0 Å². The van der Waals surface area contributed by atoms with Crippen LogP contribution in [-0.4, -0.2) is 16.5 Å². The molecule has 4 nitrogen and oxygen atoms in total. The maximum atomic E-state index is 13.7. The van der Waals surface area contributed by atoms with E-state index >= 15 is 0 Å². The molecule has 0 bridgehead atoms. The highest BCUT2D eigenvalue weighted by molar-refractivity contribution is 6.30. The average molecular weight is 371 g/mol. The average Bonchev–Trinajstić information content (AvgIpc) is 2.62. The first-order chi connectivity index (χ1) is 12.6. The van der Waals surface area contributed by atoms with Gasteiger partial charge in [0, 0.05) is 29.9 Å². The Hall–Kier alpha value is -2.66. The van der Waals surface area contributed by atoms with Crippen molar-refractivity contribution < 1.29 is 4.39 Å². The smallest absolute Gasteiger partial charge is 0.224 e. The fraction of sp³-hybridized carbons (Fsp3) is 0.200. The van der Waals surface area contributed by atoms with Crippen LogP contribution in [0.1, 0.15) is 16.8 Å². The lowest BCUT2D eigenvalue weighted by atomic mass is 10.1. The molecule has 134 valence electrons. The Morgan fingerprint density at radius 3 is 2.54 bits per heavy atom. The third-order valence-electron chi connectivity index (χ3n) is 3.88. The van der Waals surface area contributed by atoms with Crippen LogP contribution < -0.4 is 10.6 Å². The van der Waals surface area contributed by atoms with Crippen LogP contribution in [0.3, 0.4) is 0 Å². The van der Waals surface area contributed by atoms with Gasteiger partial charge in [-0.15, -0.1) is 0 Å². The SMILES string of the molecule is Cc1cc(NCc2ccc(Cl)cc2)nc(NCCc2ccccc2F)n1. The first-order valence-electron chi connectivity index (χ1n) is 8.41. The van der Waals surface area contributed by atoms with E-state index in [0.717, 1.165) is 17.1 Å². The number of aromatic nitrogens is 2. The van der Waals surface area contributed by atoms with E-state index < -0.39 is 0 Å². The van der Waals surface area contributed by atoms with E-state index in [2.05, 4.69) is 20.6 Å². The van der Waals surface area contributed by atoms with Crippen molar-refractivity contribution in [2.24, 2.45) is 0 Å². The van der Waals surface area contributed by atoms with Crippen molar-refractivity contribution in [2.45, 2.75) is 19.9 Å². The van der Waals surface area contributed by atoms with Crippen LogP contribution in [0.15, 0.2) is 54.6 Å². The van der Waals surface area contributed by atoms with Gasteiger partial charge in [-0.1, -0.05) is 41.9 Å². The van der Waals surface area contributed by atoms with E-state index in [0.29, 0.717) is 36.0 Å². The Labute approximate surface area is 157 Å². The van der Waals surface area contributed by atoms with E-state index in [4.69, 9.17) is 11.6 Å². The van der Waals surface area contributed by atoms with Gasteiger partial charge in [0.15, 0.2) is 0 Å². The second kappa shape index (κ2) is 8.63. The minimum absolute atomic E-state index is 0.190. The van der Waals surface area contributed by atoms with Crippen LogP contribution in [0.25, 0.3) is 0 Å². The molecule has 0 unspecified atom stereocenters. The van der Waals surface area contributed by atoms with E-state index in [1.807, 2.05) is 43.3 Å². The highest BCUT2D eigenvalue weighted by atomic mass is 35.5. The summed E-state index contributed by atoms with van der Waals surface area (Å²) in [5.74, 6) is 1.07. The molecule has 3 aromatic rings. The third kappa shape index (κ3) is 5.17. The van der Waals surface area contributed by atoms with Gasteiger partial charge in [-0.25, -0.2) is 9.37 Å². The van der Waals surface area contributed by atoms with Crippen molar-refractivity contribution in [1.29, 1.82) is 0 Å². The minimum Gasteiger partial charge on any atom is -0.366 e. The van der Waals surface area contributed by atoms with E-state index in [1.54, 1.807) is 12.1 Å². The number of anilines is 2. The molecule has 0 aliphatic carbocycles. The molecule has 26 heavy (non-hydrogen) atoms. The molecule has 2 aromatic carbocycles. The lowest BCUT2D eigenvalue weighted by Crippen LogP contribution is -2.11. The summed E-state index contributed by atoms with van der Waals surface area (Å²) in [5.41, 5.74) is 2.64. The number of nitrogens with one attached hydrogen (secondary N) is 2. The van der Waals surface area contributed by atoms with E-state index in [-0.39, 0.29) is 5.82 Å². The van der Waals surface area contributed by atoms with Crippen LogP contribution in [0.5, 0.6) is 0 Å². The van der Waals surface area contributed by atoms with Crippen LogP contribution in [0.2, 0.25) is 5.02 Å². The topological polar surface area (TPSA) is 49.8 Å². The predicted molar refractivity (Wildman–Crippen MR) is 104 cm³/mol. The molecule has 3 rings (SSSR count). The summed E-state index contributed by atoms with van der Waals surface area (Å²) in [6.07, 6.45) is 0.567. The lowest BCUT2D eigenvalue weighted by Gasteiger charge is -2.10. The summed E-state index contributed by atoms with van der Waals surface area (Å²) in [4.78, 5) is 8.85. The van der Waals surface area contributed by atoms with Crippen molar-refractivity contribution in [2.75, 3.05) is 17.2 Å². The summed E-state index contributed by atoms with van der Waals surface area (Å²) < 4.78 is 13.7. The molecule has 0 saturated carbocycles. The van der Waals surface area contributed by atoms with Crippen molar-refractivity contribution in [3.05, 3.63) is 82.3 Å². The largest absolute Gasteiger partial charge is 0.366 e. The standard InChI is InChI=1S/C20H20ClFN4/c1-14-12-19(24-13-15-6-8-17(21)9-7-15)26-20(25-14)23-11-10-16-4-2-3-5-18(16)22/h2-9,12H,10-11,13H2,1H3,(H2,23,24,25,26). The van der Waals surface area contributed by atoms with Crippen molar-refractivity contribution in [3.8, 4) is 0 Å². The normalized spacial score (nSPS) is 10.6. The number of nitrogens with zero attached hydrogens (tertiary/aromatic N) is 2. The number of benzene rings is 2. The van der Waals surface area contributed by atoms with Gasteiger partial charge in [-0.05, 0) is 42.7 Å². The van der Waals surface area contributed by atoms with Crippen LogP contribution in [-0.2, 0) is 13.0 Å². The Balaban J connectivity index is 1.58. The summed E-state index contributed by atoms with van der Waals surface area (Å²) >= 11 is 5.90. The molecular formula is C20H20ClFN4. The highest BCUT2D eigenvalue weighted by Gasteiger charge is 2.04. The number of hydrogen-bond donors (Lipinski definition) is 2. The summed E-state index contributed by atoms with van der Waals surface area (Å²) in [5, 5.41) is 7.16. The molecule has 0 amide bonds. The molecule has 0 spiro atoms.